The van der Waals surface area contributed by atoms with Crippen LogP contribution in [0.2, 0.25) is 0 Å². The van der Waals surface area contributed by atoms with Gasteiger partial charge in [-0.15, -0.1) is 0 Å². The fraction of sp³-hybridized carbons (Fsp3) is 0.875. The summed E-state index contributed by atoms with van der Waals surface area (Å²) in [5, 5.41) is 2.56. The van der Waals surface area contributed by atoms with Gasteiger partial charge in [-0.2, -0.15) is 0 Å². The highest BCUT2D eigenvalue weighted by molar-refractivity contribution is 9.10. The van der Waals surface area contributed by atoms with E-state index < -0.39 is 9.84 Å². The van der Waals surface area contributed by atoms with Crippen LogP contribution in [0.15, 0.2) is 0 Å². The van der Waals surface area contributed by atoms with Gasteiger partial charge < -0.3 is 5.32 Å². The lowest BCUT2D eigenvalue weighted by Gasteiger charge is -2.08. The van der Waals surface area contributed by atoms with Gasteiger partial charge in [0.1, 0.15) is 0 Å². The molecule has 0 saturated heterocycles. The normalized spacial score (nSPS) is 13.6. The van der Waals surface area contributed by atoms with Crippen LogP contribution in [0.25, 0.3) is 0 Å². The SMILES string of the molecule is CCC(Br)C(=O)NCCS(=O)(=O)CC. The lowest BCUT2D eigenvalue weighted by Crippen LogP contribution is -2.34. The van der Waals surface area contributed by atoms with E-state index in [-0.39, 0.29) is 28.8 Å². The van der Waals surface area contributed by atoms with E-state index in [4.69, 9.17) is 0 Å². The number of hydrogen-bond donors (Lipinski definition) is 1. The summed E-state index contributed by atoms with van der Waals surface area (Å²) in [5.74, 6) is -0.0219. The fourth-order valence-corrected chi connectivity index (χ4v) is 1.63. The zero-order chi connectivity index (χ0) is 11.2. The number of sulfone groups is 1. The minimum atomic E-state index is -2.98. The van der Waals surface area contributed by atoms with Gasteiger partial charge in [-0.1, -0.05) is 29.8 Å². The number of carbonyl (C=O) groups is 1. The number of hydrogen-bond acceptors (Lipinski definition) is 3. The number of alkyl halides is 1. The van der Waals surface area contributed by atoms with Crippen molar-refractivity contribution in [1.82, 2.24) is 5.32 Å². The standard InChI is InChI=1S/C8H16BrNO3S/c1-3-7(9)8(11)10-5-6-14(12,13)4-2/h7H,3-6H2,1-2H3,(H,10,11). The van der Waals surface area contributed by atoms with Crippen molar-refractivity contribution in [2.45, 2.75) is 25.1 Å². The molecule has 0 spiro atoms. The highest BCUT2D eigenvalue weighted by Gasteiger charge is 2.13. The first-order valence-electron chi connectivity index (χ1n) is 4.55. The molecule has 0 aromatic heterocycles. The summed E-state index contributed by atoms with van der Waals surface area (Å²) >= 11 is 3.18. The molecule has 6 heteroatoms. The Bertz CT molecular complexity index is 276. The summed E-state index contributed by atoms with van der Waals surface area (Å²) in [6.07, 6.45) is 0.687. The summed E-state index contributed by atoms with van der Waals surface area (Å²) < 4.78 is 22.1. The zero-order valence-corrected chi connectivity index (χ0v) is 10.8. The Hall–Kier alpha value is -0.100. The molecule has 0 aliphatic rings. The topological polar surface area (TPSA) is 63.2 Å². The Kier molecular flexibility index (Phi) is 6.35. The van der Waals surface area contributed by atoms with E-state index in [0.717, 1.165) is 0 Å². The summed E-state index contributed by atoms with van der Waals surface area (Å²) in [7, 11) is -2.98. The van der Waals surface area contributed by atoms with Crippen LogP contribution in [-0.2, 0) is 14.6 Å². The van der Waals surface area contributed by atoms with Crippen LogP contribution >= 0.6 is 15.9 Å². The van der Waals surface area contributed by atoms with Gasteiger partial charge in [-0.25, -0.2) is 8.42 Å². The third kappa shape index (κ3) is 5.59. The lowest BCUT2D eigenvalue weighted by molar-refractivity contribution is -0.120. The number of amides is 1. The predicted molar refractivity (Wildman–Crippen MR) is 60.3 cm³/mol. The van der Waals surface area contributed by atoms with Crippen molar-refractivity contribution in [3.63, 3.8) is 0 Å². The molecule has 0 fully saturated rings. The largest absolute Gasteiger partial charge is 0.354 e. The van der Waals surface area contributed by atoms with Gasteiger partial charge in [-0.3, -0.25) is 4.79 Å². The monoisotopic (exact) mass is 285 g/mol. The van der Waals surface area contributed by atoms with Crippen molar-refractivity contribution in [2.24, 2.45) is 0 Å². The van der Waals surface area contributed by atoms with E-state index in [1.807, 2.05) is 6.92 Å². The van der Waals surface area contributed by atoms with E-state index in [0.29, 0.717) is 6.42 Å². The molecular formula is C8H16BrNO3S. The first-order chi connectivity index (χ1) is 6.43. The van der Waals surface area contributed by atoms with Gasteiger partial charge in [0.15, 0.2) is 9.84 Å². The Labute approximate surface area is 93.5 Å². The molecule has 0 saturated carbocycles. The molecule has 4 nitrogen and oxygen atoms in total. The van der Waals surface area contributed by atoms with Gasteiger partial charge in [0.25, 0.3) is 0 Å². The lowest BCUT2D eigenvalue weighted by atomic mass is 10.3. The molecule has 1 amide bonds. The number of carbonyl (C=O) groups excluding carboxylic acids is 1. The van der Waals surface area contributed by atoms with Gasteiger partial charge in [0.05, 0.1) is 10.6 Å². The third-order valence-corrected chi connectivity index (χ3v) is 4.56. The van der Waals surface area contributed by atoms with Gasteiger partial charge in [-0.05, 0) is 6.42 Å². The maximum absolute atomic E-state index is 11.2. The summed E-state index contributed by atoms with van der Waals surface area (Å²) in [4.78, 5) is 11.0. The minimum Gasteiger partial charge on any atom is -0.354 e. The molecule has 14 heavy (non-hydrogen) atoms. The Morgan fingerprint density at radius 3 is 2.43 bits per heavy atom. The van der Waals surface area contributed by atoms with E-state index in [2.05, 4.69) is 21.2 Å². The highest BCUT2D eigenvalue weighted by atomic mass is 79.9. The first kappa shape index (κ1) is 13.9. The smallest absolute Gasteiger partial charge is 0.233 e. The van der Waals surface area contributed by atoms with Crippen LogP contribution in [0.4, 0.5) is 0 Å². The van der Waals surface area contributed by atoms with Crippen molar-refractivity contribution in [1.29, 1.82) is 0 Å². The van der Waals surface area contributed by atoms with Crippen molar-refractivity contribution in [3.8, 4) is 0 Å². The fourth-order valence-electron chi connectivity index (χ4n) is 0.770. The van der Waals surface area contributed by atoms with E-state index in [1.54, 1.807) is 6.92 Å². The second-order valence-corrected chi connectivity index (χ2v) is 6.48. The maximum atomic E-state index is 11.2. The molecule has 0 aliphatic heterocycles. The molecule has 0 aliphatic carbocycles. The molecule has 84 valence electrons. The molecule has 1 unspecified atom stereocenters. The highest BCUT2D eigenvalue weighted by Crippen LogP contribution is 2.03. The quantitative estimate of drug-likeness (QED) is 0.731. The average molecular weight is 286 g/mol. The Morgan fingerprint density at radius 1 is 1.43 bits per heavy atom. The molecule has 0 aromatic rings. The van der Waals surface area contributed by atoms with Crippen molar-refractivity contribution >= 4 is 31.7 Å². The Balaban J connectivity index is 3.81. The second-order valence-electron chi connectivity index (χ2n) is 2.90. The molecule has 0 rings (SSSR count). The minimum absolute atomic E-state index is 0.0126. The maximum Gasteiger partial charge on any atom is 0.233 e. The van der Waals surface area contributed by atoms with Crippen molar-refractivity contribution in [3.05, 3.63) is 0 Å². The van der Waals surface area contributed by atoms with Crippen LogP contribution in [-0.4, -0.2) is 37.2 Å². The average Bonchev–Trinajstić information content (AvgIpc) is 2.16. The van der Waals surface area contributed by atoms with Crippen molar-refractivity contribution < 1.29 is 13.2 Å². The molecule has 1 atom stereocenters. The first-order valence-corrected chi connectivity index (χ1v) is 7.28. The van der Waals surface area contributed by atoms with E-state index in [1.165, 1.54) is 0 Å². The summed E-state index contributed by atoms with van der Waals surface area (Å²) in [5.41, 5.74) is 0. The van der Waals surface area contributed by atoms with Crippen LogP contribution in [0, 0.1) is 0 Å². The number of nitrogens with one attached hydrogen (secondary N) is 1. The van der Waals surface area contributed by atoms with Crippen molar-refractivity contribution in [2.75, 3.05) is 18.1 Å². The van der Waals surface area contributed by atoms with Crippen LogP contribution < -0.4 is 5.32 Å². The molecule has 0 aromatic carbocycles. The predicted octanol–water partition coefficient (Wildman–Crippen LogP) is 0.711. The summed E-state index contributed by atoms with van der Waals surface area (Å²) in [6, 6.07) is 0. The van der Waals surface area contributed by atoms with Gasteiger partial charge in [0.2, 0.25) is 5.91 Å². The Morgan fingerprint density at radius 2 is 2.00 bits per heavy atom. The van der Waals surface area contributed by atoms with Crippen LogP contribution in [0.3, 0.4) is 0 Å². The second kappa shape index (κ2) is 6.40. The van der Waals surface area contributed by atoms with Gasteiger partial charge in [0, 0.05) is 12.3 Å². The molecule has 0 heterocycles. The van der Waals surface area contributed by atoms with Gasteiger partial charge >= 0.3 is 0 Å². The van der Waals surface area contributed by atoms with E-state index >= 15 is 0 Å². The van der Waals surface area contributed by atoms with Crippen LogP contribution in [0.5, 0.6) is 0 Å². The zero-order valence-electron chi connectivity index (χ0n) is 8.42. The number of halogens is 1. The third-order valence-electron chi connectivity index (χ3n) is 1.80. The number of rotatable bonds is 6. The molecule has 0 bridgehead atoms. The molecule has 0 radical (unpaired) electrons. The summed E-state index contributed by atoms with van der Waals surface area (Å²) in [6.45, 7) is 3.66. The molecule has 1 N–H and O–H groups in total. The van der Waals surface area contributed by atoms with E-state index in [9.17, 15) is 13.2 Å². The molecular weight excluding hydrogens is 270 g/mol. The van der Waals surface area contributed by atoms with Crippen LogP contribution in [0.1, 0.15) is 20.3 Å².